The summed E-state index contributed by atoms with van der Waals surface area (Å²) in [6.45, 7) is 2.09. The number of nitrogens with zero attached hydrogens (tertiary/aromatic N) is 1. The molecule has 2 rings (SSSR count). The van der Waals surface area contributed by atoms with Crippen LogP contribution in [0.25, 0.3) is 0 Å². The number of rotatable bonds is 0. The molecule has 0 spiro atoms. The van der Waals surface area contributed by atoms with Crippen molar-refractivity contribution in [2.75, 3.05) is 0 Å². The summed E-state index contributed by atoms with van der Waals surface area (Å²) in [5, 5.41) is 0. The van der Waals surface area contributed by atoms with Crippen LogP contribution in [0, 0.1) is 0 Å². The van der Waals surface area contributed by atoms with Crippen LogP contribution in [0.4, 0.5) is 5.69 Å². The fourth-order valence-corrected chi connectivity index (χ4v) is 1.41. The van der Waals surface area contributed by atoms with E-state index in [1.54, 1.807) is 0 Å². The first kappa shape index (κ1) is 9.46. The highest BCUT2D eigenvalue weighted by molar-refractivity contribution is 8.93. The van der Waals surface area contributed by atoms with Gasteiger partial charge in [0.25, 0.3) is 0 Å². The lowest BCUT2D eigenvalue weighted by atomic mass is 10.0. The maximum atomic E-state index is 4.46. The molecule has 0 saturated heterocycles. The highest BCUT2D eigenvalue weighted by Crippen LogP contribution is 2.24. The molecule has 0 radical (unpaired) electrons. The molecule has 1 nitrogen and oxygen atoms in total. The van der Waals surface area contributed by atoms with Crippen LogP contribution >= 0.6 is 17.0 Å². The van der Waals surface area contributed by atoms with Gasteiger partial charge in [0, 0.05) is 5.71 Å². The highest BCUT2D eigenvalue weighted by Gasteiger charge is 2.06. The molecule has 0 saturated carbocycles. The first-order valence-electron chi connectivity index (χ1n) is 3.98. The molecule has 2 heteroatoms. The second-order valence-electron chi connectivity index (χ2n) is 2.98. The van der Waals surface area contributed by atoms with Crippen LogP contribution in [0.5, 0.6) is 0 Å². The summed E-state index contributed by atoms with van der Waals surface area (Å²) in [7, 11) is 0. The Balaban J connectivity index is 0.000000720. The second kappa shape index (κ2) is 3.85. The highest BCUT2D eigenvalue weighted by atomic mass is 79.9. The molecule has 64 valence electrons. The number of fused-ring (bicyclic) bond motifs is 1. The maximum absolute atomic E-state index is 4.46. The normalized spacial score (nSPS) is 14.2. The first-order chi connectivity index (χ1) is 5.36. The van der Waals surface area contributed by atoms with Gasteiger partial charge in [-0.1, -0.05) is 18.2 Å². The van der Waals surface area contributed by atoms with Gasteiger partial charge in [0.2, 0.25) is 0 Å². The average Bonchev–Trinajstić information content (AvgIpc) is 2.04. The Morgan fingerprint density at radius 3 is 2.75 bits per heavy atom. The first-order valence-corrected chi connectivity index (χ1v) is 3.98. The summed E-state index contributed by atoms with van der Waals surface area (Å²) in [6.07, 6.45) is 2.28. The van der Waals surface area contributed by atoms with Crippen LogP contribution in [-0.4, -0.2) is 5.71 Å². The molecule has 0 aliphatic carbocycles. The third-order valence-electron chi connectivity index (χ3n) is 2.06. The zero-order valence-corrected chi connectivity index (χ0v) is 8.79. The van der Waals surface area contributed by atoms with Crippen molar-refractivity contribution in [3.8, 4) is 0 Å². The molecule has 1 aliphatic rings. The summed E-state index contributed by atoms with van der Waals surface area (Å²) in [5.74, 6) is 0. The number of para-hydroxylation sites is 1. The lowest BCUT2D eigenvalue weighted by molar-refractivity contribution is 1.00. The summed E-state index contributed by atoms with van der Waals surface area (Å²) < 4.78 is 0. The van der Waals surface area contributed by atoms with Gasteiger partial charge in [0.05, 0.1) is 5.69 Å². The molecular formula is C10H12BrN. The van der Waals surface area contributed by atoms with Crippen molar-refractivity contribution in [3.05, 3.63) is 29.8 Å². The largest absolute Gasteiger partial charge is 0.258 e. The fraction of sp³-hybridized carbons (Fsp3) is 0.300. The number of halogens is 1. The SMILES string of the molecule is Br.CC1=Nc2ccccc2CC1. The molecule has 0 unspecified atom stereocenters. The molecule has 0 fully saturated rings. The molecule has 1 aromatic rings. The van der Waals surface area contributed by atoms with Crippen molar-refractivity contribution in [2.45, 2.75) is 19.8 Å². The van der Waals surface area contributed by atoms with Gasteiger partial charge in [-0.15, -0.1) is 17.0 Å². The smallest absolute Gasteiger partial charge is 0.0660 e. The molecule has 1 aromatic carbocycles. The summed E-state index contributed by atoms with van der Waals surface area (Å²) in [5.41, 5.74) is 3.80. The van der Waals surface area contributed by atoms with Gasteiger partial charge >= 0.3 is 0 Å². The van der Waals surface area contributed by atoms with Crippen LogP contribution in [0.1, 0.15) is 18.9 Å². The summed E-state index contributed by atoms with van der Waals surface area (Å²) in [6, 6.07) is 8.36. The second-order valence-corrected chi connectivity index (χ2v) is 2.98. The number of aryl methyl sites for hydroxylation is 1. The van der Waals surface area contributed by atoms with Crippen LogP contribution in [0.2, 0.25) is 0 Å². The van der Waals surface area contributed by atoms with Crippen LogP contribution < -0.4 is 0 Å². The minimum atomic E-state index is 0. The van der Waals surface area contributed by atoms with E-state index in [1.165, 1.54) is 11.3 Å². The Morgan fingerprint density at radius 1 is 1.17 bits per heavy atom. The van der Waals surface area contributed by atoms with Crippen molar-refractivity contribution in [1.29, 1.82) is 0 Å². The van der Waals surface area contributed by atoms with Gasteiger partial charge in [-0.05, 0) is 31.4 Å². The summed E-state index contributed by atoms with van der Waals surface area (Å²) in [4.78, 5) is 4.46. The standard InChI is InChI=1S/C10H11N.BrH/c1-8-6-7-9-4-2-3-5-10(9)11-8;/h2-5H,6-7H2,1H3;1H. The van der Waals surface area contributed by atoms with E-state index in [1.807, 2.05) is 6.07 Å². The molecule has 0 aromatic heterocycles. The Hall–Kier alpha value is -0.630. The zero-order valence-electron chi connectivity index (χ0n) is 7.08. The third kappa shape index (κ3) is 1.75. The molecule has 1 heterocycles. The Kier molecular flexibility index (Phi) is 3.04. The van der Waals surface area contributed by atoms with Crippen LogP contribution in [0.3, 0.4) is 0 Å². The van der Waals surface area contributed by atoms with Gasteiger partial charge < -0.3 is 0 Å². The lowest BCUT2D eigenvalue weighted by Gasteiger charge is -2.11. The minimum absolute atomic E-state index is 0. The minimum Gasteiger partial charge on any atom is -0.258 e. The van der Waals surface area contributed by atoms with E-state index >= 15 is 0 Å². The van der Waals surface area contributed by atoms with Crippen molar-refractivity contribution in [2.24, 2.45) is 4.99 Å². The Morgan fingerprint density at radius 2 is 1.92 bits per heavy atom. The lowest BCUT2D eigenvalue weighted by Crippen LogP contribution is -2.00. The number of hydrogen-bond acceptors (Lipinski definition) is 1. The molecule has 0 bridgehead atoms. The number of hydrogen-bond donors (Lipinski definition) is 0. The van der Waals surface area contributed by atoms with Gasteiger partial charge in [0.1, 0.15) is 0 Å². The quantitative estimate of drug-likeness (QED) is 0.643. The Bertz CT molecular complexity index is 304. The van der Waals surface area contributed by atoms with Crippen LogP contribution in [-0.2, 0) is 6.42 Å². The predicted molar refractivity (Wildman–Crippen MR) is 57.9 cm³/mol. The van der Waals surface area contributed by atoms with E-state index < -0.39 is 0 Å². The summed E-state index contributed by atoms with van der Waals surface area (Å²) >= 11 is 0. The van der Waals surface area contributed by atoms with E-state index in [4.69, 9.17) is 0 Å². The van der Waals surface area contributed by atoms with Gasteiger partial charge in [0.15, 0.2) is 0 Å². The van der Waals surface area contributed by atoms with Crippen molar-refractivity contribution in [1.82, 2.24) is 0 Å². The van der Waals surface area contributed by atoms with E-state index in [2.05, 4.69) is 30.1 Å². The van der Waals surface area contributed by atoms with Gasteiger partial charge in [-0.25, -0.2) is 0 Å². The fourth-order valence-electron chi connectivity index (χ4n) is 1.41. The molecular weight excluding hydrogens is 214 g/mol. The number of aliphatic imine (C=N–C) groups is 1. The van der Waals surface area contributed by atoms with E-state index in [-0.39, 0.29) is 17.0 Å². The van der Waals surface area contributed by atoms with E-state index in [0.717, 1.165) is 18.5 Å². The molecule has 1 aliphatic heterocycles. The molecule has 12 heavy (non-hydrogen) atoms. The van der Waals surface area contributed by atoms with Crippen molar-refractivity contribution in [3.63, 3.8) is 0 Å². The molecule has 0 amide bonds. The van der Waals surface area contributed by atoms with E-state index in [9.17, 15) is 0 Å². The molecule has 0 N–H and O–H groups in total. The molecule has 0 atom stereocenters. The topological polar surface area (TPSA) is 12.4 Å². The third-order valence-corrected chi connectivity index (χ3v) is 2.06. The van der Waals surface area contributed by atoms with Gasteiger partial charge in [-0.3, -0.25) is 4.99 Å². The Labute approximate surface area is 83.3 Å². The zero-order chi connectivity index (χ0) is 7.68. The van der Waals surface area contributed by atoms with E-state index in [0.29, 0.717) is 0 Å². The van der Waals surface area contributed by atoms with Crippen LogP contribution in [0.15, 0.2) is 29.3 Å². The van der Waals surface area contributed by atoms with Crippen molar-refractivity contribution >= 4 is 28.4 Å². The van der Waals surface area contributed by atoms with Crippen molar-refractivity contribution < 1.29 is 0 Å². The maximum Gasteiger partial charge on any atom is 0.0660 e. The predicted octanol–water partition coefficient (Wildman–Crippen LogP) is 3.30. The average molecular weight is 226 g/mol. The van der Waals surface area contributed by atoms with Gasteiger partial charge in [-0.2, -0.15) is 0 Å². The number of benzene rings is 1. The monoisotopic (exact) mass is 225 g/mol.